The first kappa shape index (κ1) is 27.8. The minimum absolute atomic E-state index is 0.0186. The first-order valence-corrected chi connectivity index (χ1v) is 12.3. The molecule has 3 heterocycles. The van der Waals surface area contributed by atoms with Gasteiger partial charge in [-0.15, -0.1) is 11.3 Å². The molecular weight excluding hydrogens is 525 g/mol. The van der Waals surface area contributed by atoms with Crippen molar-refractivity contribution in [3.8, 4) is 5.69 Å². The zero-order chi connectivity index (χ0) is 26.9. The average molecular weight is 550 g/mol. The summed E-state index contributed by atoms with van der Waals surface area (Å²) in [5.74, 6) is -0.883. The summed E-state index contributed by atoms with van der Waals surface area (Å²) in [5.41, 5.74) is 0.0968. The Morgan fingerprint density at radius 2 is 1.97 bits per heavy atom. The highest BCUT2D eigenvalue weighted by molar-refractivity contribution is 7.18. The number of carbonyl (C=O) groups excluding carboxylic acids is 2. The number of pyridine rings is 1. The number of carbonyl (C=O) groups is 3. The van der Waals surface area contributed by atoms with Crippen molar-refractivity contribution in [2.24, 2.45) is 5.92 Å². The molecule has 0 spiro atoms. The highest BCUT2D eigenvalue weighted by atomic mass is 35.5. The van der Waals surface area contributed by atoms with Crippen molar-refractivity contribution in [3.63, 3.8) is 0 Å². The predicted octanol–water partition coefficient (Wildman–Crippen LogP) is 2.87. The van der Waals surface area contributed by atoms with Gasteiger partial charge in [-0.3, -0.25) is 19.0 Å². The monoisotopic (exact) mass is 549 g/mol. The van der Waals surface area contributed by atoms with Crippen molar-refractivity contribution in [2.75, 3.05) is 32.0 Å². The van der Waals surface area contributed by atoms with Crippen LogP contribution in [0.1, 0.15) is 9.67 Å². The summed E-state index contributed by atoms with van der Waals surface area (Å²) in [6.45, 7) is 0.924. The molecule has 3 aromatic rings. The number of anilines is 1. The molecule has 0 bridgehead atoms. The second-order valence-corrected chi connectivity index (χ2v) is 9.70. The first-order chi connectivity index (χ1) is 17.8. The summed E-state index contributed by atoms with van der Waals surface area (Å²) in [6, 6.07) is 11.7. The standard InChI is InChI=1S/C23H23ClFN5O3S.CH2O2/c1-26-18-13-29(12-14(18)11-27-22(32)19-7-8-20(24)34-19)23(33)28-17-6-5-15(10-16(17)25)30-9-3-2-4-21(30)31;2-1-3/h2-10,14,18,26H,11-13H2,1H3,(H,27,32)(H,28,33);1H,(H,2,3)/t14-,18?;/m1./s1. The second-order valence-electron chi connectivity index (χ2n) is 7.98. The van der Waals surface area contributed by atoms with Crippen molar-refractivity contribution < 1.29 is 23.9 Å². The molecule has 4 N–H and O–H groups in total. The lowest BCUT2D eigenvalue weighted by atomic mass is 10.0. The van der Waals surface area contributed by atoms with Crippen LogP contribution in [0.5, 0.6) is 0 Å². The van der Waals surface area contributed by atoms with Gasteiger partial charge in [0.25, 0.3) is 17.9 Å². The predicted molar refractivity (Wildman–Crippen MR) is 139 cm³/mol. The van der Waals surface area contributed by atoms with Crippen molar-refractivity contribution in [3.05, 3.63) is 80.1 Å². The van der Waals surface area contributed by atoms with Gasteiger partial charge in [0.2, 0.25) is 0 Å². The highest BCUT2D eigenvalue weighted by Crippen LogP contribution is 2.23. The quantitative estimate of drug-likeness (QED) is 0.350. The molecule has 2 aromatic heterocycles. The number of aromatic nitrogens is 1. The van der Waals surface area contributed by atoms with Gasteiger partial charge in [-0.1, -0.05) is 17.7 Å². The number of hydrogen-bond acceptors (Lipinski definition) is 6. The third kappa shape index (κ3) is 7.15. The van der Waals surface area contributed by atoms with E-state index < -0.39 is 11.8 Å². The van der Waals surface area contributed by atoms with Gasteiger partial charge in [0.05, 0.1) is 20.6 Å². The number of rotatable bonds is 6. The zero-order valence-corrected chi connectivity index (χ0v) is 21.3. The number of benzene rings is 1. The second kappa shape index (κ2) is 13.0. The molecule has 0 aliphatic carbocycles. The number of amides is 3. The van der Waals surface area contributed by atoms with Crippen LogP contribution in [0.3, 0.4) is 0 Å². The fourth-order valence-corrected chi connectivity index (χ4v) is 4.87. The van der Waals surface area contributed by atoms with Crippen LogP contribution in [0.25, 0.3) is 5.69 Å². The van der Waals surface area contributed by atoms with Crippen molar-refractivity contribution in [2.45, 2.75) is 6.04 Å². The summed E-state index contributed by atoms with van der Waals surface area (Å²) in [5, 5.41) is 15.6. The maximum absolute atomic E-state index is 14.7. The van der Waals surface area contributed by atoms with Gasteiger partial charge in [-0.2, -0.15) is 0 Å². The molecule has 1 aliphatic heterocycles. The van der Waals surface area contributed by atoms with E-state index in [-0.39, 0.29) is 35.6 Å². The Labute approximate surface area is 220 Å². The van der Waals surface area contributed by atoms with E-state index in [1.807, 2.05) is 0 Å². The lowest BCUT2D eigenvalue weighted by molar-refractivity contribution is -0.122. The van der Waals surface area contributed by atoms with Crippen molar-refractivity contribution >= 4 is 47.0 Å². The van der Waals surface area contributed by atoms with Crippen LogP contribution in [-0.4, -0.2) is 65.7 Å². The fourth-order valence-electron chi connectivity index (χ4n) is 3.91. The maximum Gasteiger partial charge on any atom is 0.321 e. The molecule has 1 unspecified atom stereocenters. The number of nitrogens with zero attached hydrogens (tertiary/aromatic N) is 2. The third-order valence-corrected chi connectivity index (χ3v) is 6.95. The number of likely N-dealkylation sites (tertiary alicyclic amines) is 1. The molecule has 2 atom stereocenters. The van der Waals surface area contributed by atoms with E-state index in [0.29, 0.717) is 34.5 Å². The van der Waals surface area contributed by atoms with Crippen LogP contribution in [0, 0.1) is 11.7 Å². The highest BCUT2D eigenvalue weighted by Gasteiger charge is 2.34. The van der Waals surface area contributed by atoms with Gasteiger partial charge in [-0.05, 0) is 37.4 Å². The Hall–Kier alpha value is -3.74. The molecule has 10 nitrogen and oxygen atoms in total. The summed E-state index contributed by atoms with van der Waals surface area (Å²) in [7, 11) is 1.80. The van der Waals surface area contributed by atoms with Gasteiger partial charge < -0.3 is 26.0 Å². The molecule has 1 fully saturated rings. The van der Waals surface area contributed by atoms with Crippen LogP contribution in [0.4, 0.5) is 14.9 Å². The number of nitrogens with one attached hydrogen (secondary N) is 3. The number of urea groups is 1. The van der Waals surface area contributed by atoms with Gasteiger partial charge in [0, 0.05) is 49.9 Å². The van der Waals surface area contributed by atoms with E-state index in [0.717, 1.165) is 0 Å². The summed E-state index contributed by atoms with van der Waals surface area (Å²) >= 11 is 7.09. The molecule has 1 saturated heterocycles. The Morgan fingerprint density at radius 3 is 2.59 bits per heavy atom. The minimum Gasteiger partial charge on any atom is -0.483 e. The van der Waals surface area contributed by atoms with Crippen LogP contribution in [0.2, 0.25) is 4.34 Å². The Morgan fingerprint density at radius 1 is 1.22 bits per heavy atom. The Kier molecular flexibility index (Phi) is 9.78. The molecule has 1 aliphatic rings. The molecule has 3 amide bonds. The topological polar surface area (TPSA) is 133 Å². The molecule has 37 heavy (non-hydrogen) atoms. The number of carboxylic acid groups (broad SMARTS) is 1. The largest absolute Gasteiger partial charge is 0.483 e. The molecular formula is C24H25ClFN5O5S. The molecule has 1 aromatic carbocycles. The molecule has 0 saturated carbocycles. The summed E-state index contributed by atoms with van der Waals surface area (Å²) in [6.07, 6.45) is 1.55. The van der Waals surface area contributed by atoms with E-state index in [4.69, 9.17) is 21.5 Å². The molecule has 13 heteroatoms. The maximum atomic E-state index is 14.7. The van der Waals surface area contributed by atoms with Crippen molar-refractivity contribution in [1.29, 1.82) is 0 Å². The Balaban J connectivity index is 0.00000121. The number of halogens is 2. The van der Waals surface area contributed by atoms with E-state index >= 15 is 0 Å². The van der Waals surface area contributed by atoms with E-state index in [1.54, 1.807) is 48.5 Å². The lowest BCUT2D eigenvalue weighted by Gasteiger charge is -2.18. The third-order valence-electron chi connectivity index (χ3n) is 5.72. The minimum atomic E-state index is -0.649. The van der Waals surface area contributed by atoms with Gasteiger partial charge in [-0.25, -0.2) is 9.18 Å². The fraction of sp³-hybridized carbons (Fsp3) is 0.250. The van der Waals surface area contributed by atoms with Crippen LogP contribution in [-0.2, 0) is 4.79 Å². The number of likely N-dealkylation sites (N-methyl/N-ethyl adjacent to an activating group) is 1. The first-order valence-electron chi connectivity index (χ1n) is 11.1. The van der Waals surface area contributed by atoms with Crippen LogP contribution in [0.15, 0.2) is 59.5 Å². The zero-order valence-electron chi connectivity index (χ0n) is 19.7. The number of thiophene rings is 1. The van der Waals surface area contributed by atoms with Gasteiger partial charge in [0.1, 0.15) is 5.82 Å². The van der Waals surface area contributed by atoms with Crippen LogP contribution >= 0.6 is 22.9 Å². The van der Waals surface area contributed by atoms with E-state index in [9.17, 15) is 18.8 Å². The molecule has 4 rings (SSSR count). The normalized spacial score (nSPS) is 16.5. The summed E-state index contributed by atoms with van der Waals surface area (Å²) in [4.78, 5) is 47.6. The summed E-state index contributed by atoms with van der Waals surface area (Å²) < 4.78 is 16.5. The van der Waals surface area contributed by atoms with E-state index in [2.05, 4.69) is 16.0 Å². The number of hydrogen-bond donors (Lipinski definition) is 4. The molecule has 0 radical (unpaired) electrons. The lowest BCUT2D eigenvalue weighted by Crippen LogP contribution is -2.40. The van der Waals surface area contributed by atoms with Crippen LogP contribution < -0.4 is 21.5 Å². The van der Waals surface area contributed by atoms with Crippen molar-refractivity contribution in [1.82, 2.24) is 20.1 Å². The van der Waals surface area contributed by atoms with Gasteiger partial charge >= 0.3 is 6.03 Å². The average Bonchev–Trinajstić information content (AvgIpc) is 3.51. The van der Waals surface area contributed by atoms with E-state index in [1.165, 1.54) is 34.1 Å². The molecule has 196 valence electrons. The SMILES string of the molecule is CNC1CN(C(=O)Nc2ccc(-n3ccccc3=O)cc2F)C[C@H]1CNC(=O)c1ccc(Cl)s1.O=CO. The Bertz CT molecular complexity index is 1320. The van der Waals surface area contributed by atoms with Gasteiger partial charge in [0.15, 0.2) is 0 Å². The smallest absolute Gasteiger partial charge is 0.321 e.